The summed E-state index contributed by atoms with van der Waals surface area (Å²) in [5.41, 5.74) is 11.9. The first-order valence-electron chi connectivity index (χ1n) is 13.6. The second kappa shape index (κ2) is 8.42. The van der Waals surface area contributed by atoms with Gasteiger partial charge in [0.1, 0.15) is 11.2 Å². The Labute approximate surface area is 237 Å². The molecule has 0 unspecified atom stereocenters. The van der Waals surface area contributed by atoms with Gasteiger partial charge in [-0.15, -0.1) is 0 Å². The maximum absolute atomic E-state index is 6.28. The van der Waals surface area contributed by atoms with E-state index in [4.69, 9.17) is 4.42 Å². The van der Waals surface area contributed by atoms with Crippen LogP contribution in [-0.2, 0) is 0 Å². The predicted molar refractivity (Wildman–Crippen MR) is 169 cm³/mol. The summed E-state index contributed by atoms with van der Waals surface area (Å²) in [4.78, 5) is 5.15. The highest BCUT2D eigenvalue weighted by atomic mass is 32.2. The van der Waals surface area contributed by atoms with E-state index in [-0.39, 0.29) is 6.71 Å². The molecular weight excluding hydrogens is 505 g/mol. The second-order valence-corrected chi connectivity index (χ2v) is 11.6. The molecule has 3 heterocycles. The topological polar surface area (TPSA) is 16.4 Å². The summed E-state index contributed by atoms with van der Waals surface area (Å²) in [6, 6.07) is 48.2. The van der Waals surface area contributed by atoms with Crippen molar-refractivity contribution < 1.29 is 4.42 Å². The van der Waals surface area contributed by atoms with E-state index in [1.54, 1.807) is 0 Å². The Morgan fingerprint density at radius 3 is 2.17 bits per heavy atom. The van der Waals surface area contributed by atoms with Crippen molar-refractivity contribution in [3.63, 3.8) is 0 Å². The van der Waals surface area contributed by atoms with Crippen LogP contribution in [0.15, 0.2) is 148 Å². The lowest BCUT2D eigenvalue weighted by Crippen LogP contribution is -2.59. The minimum absolute atomic E-state index is 0.218. The molecule has 9 rings (SSSR count). The molecule has 0 N–H and O–H groups in total. The number of furan rings is 1. The largest absolute Gasteiger partial charge is 0.456 e. The van der Waals surface area contributed by atoms with E-state index in [0.29, 0.717) is 0 Å². The van der Waals surface area contributed by atoms with Crippen LogP contribution in [0.25, 0.3) is 33.1 Å². The first kappa shape index (κ1) is 22.2. The molecule has 0 saturated heterocycles. The normalized spacial score (nSPS) is 13.3. The highest BCUT2D eigenvalue weighted by Crippen LogP contribution is 2.45. The Bertz CT molecular complexity index is 2130. The molecule has 6 aromatic carbocycles. The maximum atomic E-state index is 6.28. The second-order valence-electron chi connectivity index (χ2n) is 10.5. The Morgan fingerprint density at radius 2 is 1.23 bits per heavy atom. The van der Waals surface area contributed by atoms with Gasteiger partial charge in [-0.3, -0.25) is 0 Å². The number of fused-ring (bicyclic) bond motifs is 7. The van der Waals surface area contributed by atoms with E-state index in [0.717, 1.165) is 27.5 Å². The van der Waals surface area contributed by atoms with E-state index >= 15 is 0 Å². The molecule has 1 aromatic heterocycles. The van der Waals surface area contributed by atoms with Crippen LogP contribution in [0.2, 0.25) is 0 Å². The Balaban J connectivity index is 1.28. The average Bonchev–Trinajstić information content (AvgIpc) is 3.39. The van der Waals surface area contributed by atoms with E-state index in [1.165, 1.54) is 48.8 Å². The number of nitrogens with zero attached hydrogens (tertiary/aromatic N) is 1. The van der Waals surface area contributed by atoms with Gasteiger partial charge in [-0.2, -0.15) is 0 Å². The van der Waals surface area contributed by atoms with Crippen LogP contribution < -0.4 is 21.3 Å². The summed E-state index contributed by atoms with van der Waals surface area (Å²) in [6.07, 6.45) is 0. The summed E-state index contributed by atoms with van der Waals surface area (Å²) in [5, 5.41) is 2.30. The van der Waals surface area contributed by atoms with Gasteiger partial charge in [0.2, 0.25) is 6.71 Å². The summed E-state index contributed by atoms with van der Waals surface area (Å²) in [5.74, 6) is 0. The molecular formula is C36H22BNOS. The van der Waals surface area contributed by atoms with Gasteiger partial charge >= 0.3 is 0 Å². The zero-order valence-electron chi connectivity index (χ0n) is 21.5. The van der Waals surface area contributed by atoms with Crippen LogP contribution in [0.1, 0.15) is 0 Å². The summed E-state index contributed by atoms with van der Waals surface area (Å²) >= 11 is 1.89. The van der Waals surface area contributed by atoms with E-state index in [2.05, 4.69) is 126 Å². The van der Waals surface area contributed by atoms with Gasteiger partial charge in [0.05, 0.1) is 5.69 Å². The van der Waals surface area contributed by atoms with Gasteiger partial charge < -0.3 is 9.32 Å². The van der Waals surface area contributed by atoms with Gasteiger partial charge in [0.25, 0.3) is 0 Å². The first-order valence-corrected chi connectivity index (χ1v) is 14.5. The fraction of sp³-hybridized carbons (Fsp3) is 0. The fourth-order valence-corrected chi connectivity index (χ4v) is 7.81. The van der Waals surface area contributed by atoms with Crippen molar-refractivity contribution in [1.82, 2.24) is 0 Å². The molecule has 2 nitrogen and oxygen atoms in total. The zero-order valence-corrected chi connectivity index (χ0v) is 22.4. The van der Waals surface area contributed by atoms with Crippen LogP contribution >= 0.6 is 11.8 Å². The van der Waals surface area contributed by atoms with Crippen LogP contribution in [0.5, 0.6) is 0 Å². The van der Waals surface area contributed by atoms with Crippen molar-refractivity contribution in [2.24, 2.45) is 0 Å². The molecule has 2 aliphatic rings. The van der Waals surface area contributed by atoms with Crippen molar-refractivity contribution in [3.05, 3.63) is 133 Å². The smallest absolute Gasteiger partial charge is 0.249 e. The van der Waals surface area contributed by atoms with E-state index in [1.807, 2.05) is 23.9 Å². The highest BCUT2D eigenvalue weighted by Gasteiger charge is 2.40. The monoisotopic (exact) mass is 527 g/mol. The molecule has 7 aromatic rings. The summed E-state index contributed by atoms with van der Waals surface area (Å²) < 4.78 is 6.28. The number of rotatable bonds is 2. The molecule has 0 fully saturated rings. The van der Waals surface area contributed by atoms with Crippen molar-refractivity contribution in [2.75, 3.05) is 4.90 Å². The van der Waals surface area contributed by atoms with Gasteiger partial charge in [-0.25, -0.2) is 0 Å². The molecule has 40 heavy (non-hydrogen) atoms. The molecule has 0 aliphatic carbocycles. The molecule has 0 saturated carbocycles. The Hall–Kier alpha value is -4.67. The first-order chi connectivity index (χ1) is 19.8. The molecule has 186 valence electrons. The number of para-hydroxylation sites is 3. The van der Waals surface area contributed by atoms with Crippen molar-refractivity contribution in [2.45, 2.75) is 9.79 Å². The minimum Gasteiger partial charge on any atom is -0.456 e. The third kappa shape index (κ3) is 3.08. The summed E-state index contributed by atoms with van der Waals surface area (Å²) in [7, 11) is 0. The van der Waals surface area contributed by atoms with E-state index < -0.39 is 0 Å². The highest BCUT2D eigenvalue weighted by molar-refractivity contribution is 8.00. The summed E-state index contributed by atoms with van der Waals surface area (Å²) in [6.45, 7) is 0.218. The van der Waals surface area contributed by atoms with Crippen molar-refractivity contribution in [1.29, 1.82) is 0 Å². The zero-order chi connectivity index (χ0) is 26.2. The SMILES string of the molecule is c1ccc2c(c1)Sc1cccc3c1B2c1ccccc1N3c1ccccc1-c1ccc2c(c1)oc1ccccc12. The number of benzene rings is 6. The van der Waals surface area contributed by atoms with Gasteiger partial charge in [-0.05, 0) is 65.0 Å². The van der Waals surface area contributed by atoms with Crippen LogP contribution in [0, 0.1) is 0 Å². The maximum Gasteiger partial charge on any atom is 0.249 e. The van der Waals surface area contributed by atoms with Gasteiger partial charge in [-0.1, -0.05) is 102 Å². The average molecular weight is 527 g/mol. The lowest BCUT2D eigenvalue weighted by molar-refractivity contribution is 0.669. The molecule has 0 radical (unpaired) electrons. The third-order valence-electron chi connectivity index (χ3n) is 8.35. The molecule has 0 spiro atoms. The number of hydrogen-bond donors (Lipinski definition) is 0. The molecule has 4 heteroatoms. The molecule has 0 amide bonds. The molecule has 0 bridgehead atoms. The quantitative estimate of drug-likeness (QED) is 0.212. The third-order valence-corrected chi connectivity index (χ3v) is 9.51. The predicted octanol–water partition coefficient (Wildman–Crippen LogP) is 8.02. The van der Waals surface area contributed by atoms with Crippen molar-refractivity contribution in [3.8, 4) is 11.1 Å². The van der Waals surface area contributed by atoms with Crippen LogP contribution in [0.3, 0.4) is 0 Å². The number of hydrogen-bond acceptors (Lipinski definition) is 3. The Kier molecular flexibility index (Phi) is 4.67. The lowest BCUT2D eigenvalue weighted by Gasteiger charge is -2.40. The fourth-order valence-electron chi connectivity index (χ4n) is 6.65. The minimum atomic E-state index is 0.218. The Morgan fingerprint density at radius 1 is 0.525 bits per heavy atom. The number of anilines is 3. The van der Waals surface area contributed by atoms with Crippen LogP contribution in [-0.4, -0.2) is 6.71 Å². The van der Waals surface area contributed by atoms with Gasteiger partial charge in [0.15, 0.2) is 0 Å². The van der Waals surface area contributed by atoms with E-state index in [9.17, 15) is 0 Å². The molecule has 2 aliphatic heterocycles. The van der Waals surface area contributed by atoms with Crippen molar-refractivity contribution >= 4 is 73.9 Å². The lowest BCUT2D eigenvalue weighted by atomic mass is 9.35. The molecule has 0 atom stereocenters. The standard InChI is InChI=1S/C36H22BNOS/c1-5-14-29(24(10-1)23-20-21-26-25-11-2-7-17-32(25)39-33(26)22-23)38-30-15-6-3-12-27(30)37-28-13-4-8-18-34(28)40-35-19-9-16-31(38)36(35)37/h1-22H. The van der Waals surface area contributed by atoms with Crippen LogP contribution in [0.4, 0.5) is 17.1 Å². The van der Waals surface area contributed by atoms with Gasteiger partial charge in [0, 0.05) is 37.5 Å².